The van der Waals surface area contributed by atoms with E-state index in [1.165, 1.54) is 11.6 Å². The Labute approximate surface area is 170 Å². The minimum Gasteiger partial charge on any atom is -0.488 e. The minimum atomic E-state index is -0.894. The molecule has 0 amide bonds. The molecule has 1 heterocycles. The van der Waals surface area contributed by atoms with Crippen LogP contribution < -0.4 is 9.75 Å². The van der Waals surface area contributed by atoms with Crippen LogP contribution in [-0.2, 0) is 17.6 Å². The average molecular weight is 398 g/mol. The second-order valence-corrected chi connectivity index (χ2v) is 7.58. The zero-order valence-electron chi connectivity index (χ0n) is 17.1. The van der Waals surface area contributed by atoms with Gasteiger partial charge in [0.25, 0.3) is 0 Å². The maximum absolute atomic E-state index is 14.4. The molecule has 0 aromatic heterocycles. The number of halogens is 1. The fourth-order valence-electron chi connectivity index (χ4n) is 3.43. The third-order valence-electron chi connectivity index (χ3n) is 5.16. The minimum absolute atomic E-state index is 0.00594. The van der Waals surface area contributed by atoms with Crippen molar-refractivity contribution >= 4 is 17.4 Å². The summed E-state index contributed by atoms with van der Waals surface area (Å²) in [6.45, 7) is 6.01. The predicted molar refractivity (Wildman–Crippen MR) is 112 cm³/mol. The first-order valence-corrected chi connectivity index (χ1v) is 9.93. The molecule has 29 heavy (non-hydrogen) atoms. The Balaban J connectivity index is 1.65. The van der Waals surface area contributed by atoms with Gasteiger partial charge in [-0.1, -0.05) is 32.0 Å². The summed E-state index contributed by atoms with van der Waals surface area (Å²) in [5, 5.41) is 15.6. The van der Waals surface area contributed by atoms with Gasteiger partial charge in [0.2, 0.25) is 0 Å². The number of nitrogens with zero attached hydrogens (tertiary/aromatic N) is 2. The summed E-state index contributed by atoms with van der Waals surface area (Å²) < 4.78 is 20.2. The van der Waals surface area contributed by atoms with Crippen molar-refractivity contribution in [2.75, 3.05) is 11.6 Å². The predicted octanol–water partition coefficient (Wildman–Crippen LogP) is 4.68. The Morgan fingerprint density at radius 2 is 1.97 bits per heavy atom. The molecule has 5 nitrogen and oxygen atoms in total. The van der Waals surface area contributed by atoms with Crippen molar-refractivity contribution in [1.29, 1.82) is 0 Å². The summed E-state index contributed by atoms with van der Waals surface area (Å²) in [6.07, 6.45) is 2.02. The fraction of sp³-hybridized carbons (Fsp3) is 0.391. The Kier molecular flexibility index (Phi) is 6.52. The van der Waals surface area contributed by atoms with Crippen molar-refractivity contribution in [3.8, 4) is 5.75 Å². The summed E-state index contributed by atoms with van der Waals surface area (Å²) in [5.74, 6) is -1.76. The first-order chi connectivity index (χ1) is 13.9. The maximum atomic E-state index is 14.4. The highest BCUT2D eigenvalue weighted by atomic mass is 19.1. The topological polar surface area (TPSA) is 62.1 Å². The highest BCUT2D eigenvalue weighted by Gasteiger charge is 2.27. The van der Waals surface area contributed by atoms with Gasteiger partial charge in [-0.15, -0.1) is 0 Å². The fourth-order valence-corrected chi connectivity index (χ4v) is 3.43. The molecule has 2 aromatic carbocycles. The SMILES string of the molecule is CCc1ccc(N2N=C(C)CC2COc2ccc(CC(C)C(=O)O)cc2F)cc1. The lowest BCUT2D eigenvalue weighted by Gasteiger charge is -2.24. The van der Waals surface area contributed by atoms with Gasteiger partial charge in [-0.3, -0.25) is 9.80 Å². The largest absolute Gasteiger partial charge is 0.488 e. The van der Waals surface area contributed by atoms with Crippen molar-refractivity contribution < 1.29 is 19.0 Å². The van der Waals surface area contributed by atoms with E-state index in [-0.39, 0.29) is 18.2 Å². The van der Waals surface area contributed by atoms with E-state index in [0.29, 0.717) is 12.2 Å². The number of carboxylic acids is 1. The lowest BCUT2D eigenvalue weighted by Crippen LogP contribution is -2.32. The van der Waals surface area contributed by atoms with E-state index >= 15 is 0 Å². The molecule has 1 aliphatic heterocycles. The summed E-state index contributed by atoms with van der Waals surface area (Å²) >= 11 is 0. The third kappa shape index (κ3) is 5.13. The van der Waals surface area contributed by atoms with Crippen molar-refractivity contribution in [1.82, 2.24) is 0 Å². The number of hydrogen-bond acceptors (Lipinski definition) is 4. The number of aliphatic carboxylic acids is 1. The molecule has 0 radical (unpaired) electrons. The first-order valence-electron chi connectivity index (χ1n) is 9.93. The van der Waals surface area contributed by atoms with Crippen molar-refractivity contribution in [2.24, 2.45) is 11.0 Å². The monoisotopic (exact) mass is 398 g/mol. The van der Waals surface area contributed by atoms with Gasteiger partial charge < -0.3 is 9.84 Å². The Morgan fingerprint density at radius 3 is 2.59 bits per heavy atom. The summed E-state index contributed by atoms with van der Waals surface area (Å²) in [7, 11) is 0. The number of rotatable bonds is 8. The van der Waals surface area contributed by atoms with Crippen LogP contribution in [0.3, 0.4) is 0 Å². The quantitative estimate of drug-likeness (QED) is 0.701. The number of hydrogen-bond donors (Lipinski definition) is 1. The summed E-state index contributed by atoms with van der Waals surface area (Å²) in [4.78, 5) is 11.0. The van der Waals surface area contributed by atoms with E-state index in [9.17, 15) is 9.18 Å². The van der Waals surface area contributed by atoms with Gasteiger partial charge >= 0.3 is 5.97 Å². The number of aryl methyl sites for hydroxylation is 1. The van der Waals surface area contributed by atoms with Crippen LogP contribution in [-0.4, -0.2) is 29.4 Å². The molecule has 3 rings (SSSR count). The molecule has 1 N–H and O–H groups in total. The molecular formula is C23H27FN2O3. The first kappa shape index (κ1) is 20.8. The zero-order valence-corrected chi connectivity index (χ0v) is 17.1. The summed E-state index contributed by atoms with van der Waals surface area (Å²) in [5.41, 5.74) is 3.91. The zero-order chi connectivity index (χ0) is 21.0. The van der Waals surface area contributed by atoms with E-state index in [1.54, 1.807) is 19.1 Å². The highest BCUT2D eigenvalue weighted by molar-refractivity contribution is 5.86. The summed E-state index contributed by atoms with van der Waals surface area (Å²) in [6, 6.07) is 12.9. The molecular weight excluding hydrogens is 371 g/mol. The molecule has 0 spiro atoms. The number of ether oxygens (including phenoxy) is 1. The molecule has 2 unspecified atom stereocenters. The lowest BCUT2D eigenvalue weighted by molar-refractivity contribution is -0.141. The average Bonchev–Trinajstić information content (AvgIpc) is 3.08. The lowest BCUT2D eigenvalue weighted by atomic mass is 10.0. The van der Waals surface area contributed by atoms with Gasteiger partial charge in [-0.05, 0) is 55.2 Å². The second kappa shape index (κ2) is 9.07. The molecule has 2 aromatic rings. The van der Waals surface area contributed by atoms with E-state index in [1.807, 2.05) is 24.1 Å². The van der Waals surface area contributed by atoms with Crippen LogP contribution in [0.4, 0.5) is 10.1 Å². The molecule has 2 atom stereocenters. The number of hydrazone groups is 1. The molecule has 0 aliphatic carbocycles. The van der Waals surface area contributed by atoms with Gasteiger partial charge in [0.1, 0.15) is 6.61 Å². The van der Waals surface area contributed by atoms with Gasteiger partial charge in [-0.25, -0.2) is 4.39 Å². The van der Waals surface area contributed by atoms with Crippen LogP contribution in [0, 0.1) is 11.7 Å². The van der Waals surface area contributed by atoms with Crippen LogP contribution >= 0.6 is 0 Å². The standard InChI is InChI=1S/C23H27FN2O3/c1-4-17-5-8-19(9-6-17)26-20(12-16(3)25-26)14-29-22-10-7-18(13-21(22)24)11-15(2)23(27)28/h5-10,13,15,20H,4,11-12,14H2,1-3H3,(H,27,28). The Morgan fingerprint density at radius 1 is 1.28 bits per heavy atom. The van der Waals surface area contributed by atoms with E-state index < -0.39 is 17.7 Å². The molecule has 0 saturated carbocycles. The van der Waals surface area contributed by atoms with Crippen LogP contribution in [0.5, 0.6) is 5.75 Å². The number of benzene rings is 2. The van der Waals surface area contributed by atoms with E-state index in [0.717, 1.165) is 24.2 Å². The number of carbonyl (C=O) groups is 1. The van der Waals surface area contributed by atoms with Crippen molar-refractivity contribution in [2.45, 2.75) is 46.1 Å². The maximum Gasteiger partial charge on any atom is 0.306 e. The molecule has 0 fully saturated rings. The van der Waals surface area contributed by atoms with Crippen LogP contribution in [0.1, 0.15) is 38.3 Å². The second-order valence-electron chi connectivity index (χ2n) is 7.58. The molecule has 154 valence electrons. The van der Waals surface area contributed by atoms with Crippen LogP contribution in [0.2, 0.25) is 0 Å². The molecule has 6 heteroatoms. The number of carboxylic acid groups (broad SMARTS) is 1. The normalized spacial score (nSPS) is 17.2. The molecule has 1 aliphatic rings. The van der Waals surface area contributed by atoms with E-state index in [4.69, 9.17) is 9.84 Å². The molecule has 0 saturated heterocycles. The third-order valence-corrected chi connectivity index (χ3v) is 5.16. The van der Waals surface area contributed by atoms with Crippen molar-refractivity contribution in [3.63, 3.8) is 0 Å². The number of anilines is 1. The molecule has 0 bridgehead atoms. The smallest absolute Gasteiger partial charge is 0.306 e. The van der Waals surface area contributed by atoms with Crippen molar-refractivity contribution in [3.05, 3.63) is 59.4 Å². The van der Waals surface area contributed by atoms with E-state index in [2.05, 4.69) is 24.2 Å². The van der Waals surface area contributed by atoms with Crippen LogP contribution in [0.15, 0.2) is 47.6 Å². The Bertz CT molecular complexity index is 895. The highest BCUT2D eigenvalue weighted by Crippen LogP contribution is 2.27. The Hall–Kier alpha value is -2.89. The van der Waals surface area contributed by atoms with Gasteiger partial charge in [0, 0.05) is 12.1 Å². The van der Waals surface area contributed by atoms with Gasteiger partial charge in [0.15, 0.2) is 11.6 Å². The van der Waals surface area contributed by atoms with Crippen LogP contribution in [0.25, 0.3) is 0 Å². The van der Waals surface area contributed by atoms with Gasteiger partial charge in [-0.2, -0.15) is 5.10 Å². The van der Waals surface area contributed by atoms with Gasteiger partial charge in [0.05, 0.1) is 17.6 Å².